The van der Waals surface area contributed by atoms with Crippen molar-refractivity contribution in [1.82, 2.24) is 10.2 Å². The Balaban J connectivity index is 2.11. The van der Waals surface area contributed by atoms with Crippen molar-refractivity contribution in [3.05, 3.63) is 45.7 Å². The summed E-state index contributed by atoms with van der Waals surface area (Å²) in [5.74, 6) is 0.536. The van der Waals surface area contributed by atoms with Gasteiger partial charge >= 0.3 is 0 Å². The van der Waals surface area contributed by atoms with E-state index < -0.39 is 0 Å². The number of nitrogens with one attached hydrogen (secondary N) is 1. The van der Waals surface area contributed by atoms with Crippen LogP contribution in [0.3, 0.4) is 0 Å². The molecule has 0 aliphatic rings. The minimum atomic E-state index is 0.536. The fraction of sp³-hybridized carbons (Fsp3) is 0.133. The molecule has 0 amide bonds. The number of hydrogen-bond acceptors (Lipinski definition) is 3. The number of H-pyrrole nitrogens is 1. The molecule has 0 saturated carbocycles. The van der Waals surface area contributed by atoms with Crippen molar-refractivity contribution < 1.29 is 0 Å². The van der Waals surface area contributed by atoms with Crippen molar-refractivity contribution in [1.29, 1.82) is 0 Å². The lowest BCUT2D eigenvalue weighted by Crippen LogP contribution is -1.88. The van der Waals surface area contributed by atoms with Gasteiger partial charge in [-0.25, -0.2) is 0 Å². The highest BCUT2D eigenvalue weighted by molar-refractivity contribution is 9.10. The minimum absolute atomic E-state index is 0.536. The monoisotopic (exact) mass is 347 g/mol. The van der Waals surface area contributed by atoms with Crippen LogP contribution < -0.4 is 5.73 Å². The summed E-state index contributed by atoms with van der Waals surface area (Å²) in [6, 6.07) is 12.4. The van der Waals surface area contributed by atoms with Crippen LogP contribution in [0.4, 0.5) is 5.82 Å². The Labute approximate surface area is 130 Å². The largest absolute Gasteiger partial charge is 0.382 e. The minimum Gasteiger partial charge on any atom is -0.382 e. The second-order valence-electron chi connectivity index (χ2n) is 4.49. The predicted octanol–water partition coefficient (Wildman–Crippen LogP) is 4.71. The number of halogens is 1. The molecule has 0 aliphatic heterocycles. The van der Waals surface area contributed by atoms with E-state index in [2.05, 4.69) is 45.2 Å². The zero-order valence-corrected chi connectivity index (χ0v) is 13.4. The van der Waals surface area contributed by atoms with E-state index in [-0.39, 0.29) is 0 Å². The summed E-state index contributed by atoms with van der Waals surface area (Å²) in [5, 5.41) is 7.24. The maximum absolute atomic E-state index is 6.04. The molecule has 0 atom stereocenters. The molecule has 1 aromatic carbocycles. The summed E-state index contributed by atoms with van der Waals surface area (Å²) in [6.07, 6.45) is 1.04. The number of nitrogens with two attached hydrogens (primary N) is 1. The molecule has 0 spiro atoms. The number of hydrogen-bond donors (Lipinski definition) is 2. The van der Waals surface area contributed by atoms with E-state index in [9.17, 15) is 0 Å². The first kappa shape index (κ1) is 13.4. The van der Waals surface area contributed by atoms with Gasteiger partial charge in [-0.05, 0) is 36.2 Å². The predicted molar refractivity (Wildman–Crippen MR) is 88.8 cm³/mol. The van der Waals surface area contributed by atoms with Gasteiger partial charge in [-0.2, -0.15) is 5.10 Å². The maximum atomic E-state index is 6.04. The smallest absolute Gasteiger partial charge is 0.153 e. The second-order valence-corrected chi connectivity index (χ2v) is 6.57. The highest BCUT2D eigenvalue weighted by atomic mass is 79.9. The van der Waals surface area contributed by atoms with Crippen LogP contribution in [0.25, 0.3) is 21.7 Å². The van der Waals surface area contributed by atoms with Crippen molar-refractivity contribution in [2.45, 2.75) is 13.3 Å². The molecule has 2 aromatic heterocycles. The van der Waals surface area contributed by atoms with E-state index in [1.807, 2.05) is 24.3 Å². The van der Waals surface area contributed by atoms with Gasteiger partial charge in [0, 0.05) is 9.35 Å². The normalized spacial score (nSPS) is 10.9. The van der Waals surface area contributed by atoms with Gasteiger partial charge in [0.05, 0.1) is 16.1 Å². The third-order valence-electron chi connectivity index (χ3n) is 3.18. The number of rotatable bonds is 3. The van der Waals surface area contributed by atoms with Crippen LogP contribution in [0.5, 0.6) is 0 Å². The molecule has 2 heterocycles. The summed E-state index contributed by atoms with van der Waals surface area (Å²) in [6.45, 7) is 2.16. The molecular weight excluding hydrogens is 334 g/mol. The first-order valence-electron chi connectivity index (χ1n) is 6.38. The van der Waals surface area contributed by atoms with Crippen LogP contribution in [0.15, 0.2) is 40.9 Å². The van der Waals surface area contributed by atoms with Gasteiger partial charge in [0.1, 0.15) is 0 Å². The van der Waals surface area contributed by atoms with E-state index in [1.54, 1.807) is 11.3 Å². The highest BCUT2D eigenvalue weighted by Gasteiger charge is 2.16. The maximum Gasteiger partial charge on any atom is 0.153 e. The number of anilines is 1. The van der Waals surface area contributed by atoms with Gasteiger partial charge in [0.2, 0.25) is 0 Å². The first-order chi connectivity index (χ1) is 9.69. The Hall–Kier alpha value is -1.59. The van der Waals surface area contributed by atoms with Gasteiger partial charge in [0.25, 0.3) is 0 Å². The fourth-order valence-electron chi connectivity index (χ4n) is 2.15. The van der Waals surface area contributed by atoms with E-state index >= 15 is 0 Å². The fourth-order valence-corrected chi connectivity index (χ4v) is 3.36. The Morgan fingerprint density at radius 2 is 1.95 bits per heavy atom. The Kier molecular flexibility index (Phi) is 3.63. The number of aromatic nitrogens is 2. The topological polar surface area (TPSA) is 54.7 Å². The van der Waals surface area contributed by atoms with Crippen molar-refractivity contribution in [2.24, 2.45) is 0 Å². The zero-order chi connectivity index (χ0) is 14.1. The summed E-state index contributed by atoms with van der Waals surface area (Å²) in [4.78, 5) is 2.53. The van der Waals surface area contributed by atoms with E-state index in [1.165, 1.54) is 9.75 Å². The summed E-state index contributed by atoms with van der Waals surface area (Å²) in [7, 11) is 0. The molecule has 0 fully saturated rings. The quantitative estimate of drug-likeness (QED) is 0.720. The molecule has 5 heteroatoms. The van der Waals surface area contributed by atoms with Gasteiger partial charge < -0.3 is 5.73 Å². The SMILES string of the molecule is CCc1ccc(-c2[nH]nc(N)c2-c2ccc(Br)cc2)s1. The molecule has 3 aromatic rings. The molecule has 0 radical (unpaired) electrons. The standard InChI is InChI=1S/C15H14BrN3S/c1-2-11-7-8-12(20-11)14-13(15(17)19-18-14)9-3-5-10(16)6-4-9/h3-8H,2H2,1H3,(H3,17,18,19). The Bertz CT molecular complexity index is 728. The number of nitrogen functional groups attached to an aromatic ring is 1. The van der Waals surface area contributed by atoms with E-state index in [0.29, 0.717) is 5.82 Å². The lowest BCUT2D eigenvalue weighted by molar-refractivity contribution is 1.11. The summed E-state index contributed by atoms with van der Waals surface area (Å²) >= 11 is 5.23. The average Bonchev–Trinajstić information content (AvgIpc) is 3.06. The van der Waals surface area contributed by atoms with Crippen molar-refractivity contribution in [3.63, 3.8) is 0 Å². The van der Waals surface area contributed by atoms with Gasteiger partial charge in [-0.1, -0.05) is 35.0 Å². The molecule has 3 N–H and O–H groups in total. The van der Waals surface area contributed by atoms with Crippen LogP contribution in [0.1, 0.15) is 11.8 Å². The molecule has 3 nitrogen and oxygen atoms in total. The summed E-state index contributed by atoms with van der Waals surface area (Å²) < 4.78 is 1.05. The first-order valence-corrected chi connectivity index (χ1v) is 7.99. The van der Waals surface area contributed by atoms with Crippen LogP contribution in [-0.2, 0) is 6.42 Å². The number of aryl methyl sites for hydroxylation is 1. The third-order valence-corrected chi connectivity index (χ3v) is 4.96. The third kappa shape index (κ3) is 2.39. The van der Waals surface area contributed by atoms with Crippen LogP contribution >= 0.6 is 27.3 Å². The van der Waals surface area contributed by atoms with Crippen LogP contribution in [-0.4, -0.2) is 10.2 Å². The molecule has 0 saturated heterocycles. The van der Waals surface area contributed by atoms with Crippen molar-refractivity contribution in [2.75, 3.05) is 5.73 Å². The van der Waals surface area contributed by atoms with Gasteiger partial charge in [-0.15, -0.1) is 11.3 Å². The molecule has 0 unspecified atom stereocenters. The van der Waals surface area contributed by atoms with Crippen LogP contribution in [0, 0.1) is 0 Å². The Morgan fingerprint density at radius 3 is 2.60 bits per heavy atom. The van der Waals surface area contributed by atoms with Crippen molar-refractivity contribution in [3.8, 4) is 21.7 Å². The average molecular weight is 348 g/mol. The Morgan fingerprint density at radius 1 is 1.20 bits per heavy atom. The zero-order valence-electron chi connectivity index (χ0n) is 11.0. The number of aromatic amines is 1. The van der Waals surface area contributed by atoms with Crippen molar-refractivity contribution >= 4 is 33.1 Å². The molecule has 3 rings (SSSR count). The number of thiophene rings is 1. The molecule has 0 aliphatic carbocycles. The molecular formula is C15H14BrN3S. The van der Waals surface area contributed by atoms with Gasteiger partial charge in [0.15, 0.2) is 5.82 Å². The lowest BCUT2D eigenvalue weighted by atomic mass is 10.0. The molecule has 102 valence electrons. The van der Waals surface area contributed by atoms with E-state index in [0.717, 1.165) is 27.7 Å². The molecule has 20 heavy (non-hydrogen) atoms. The van der Waals surface area contributed by atoms with Crippen LogP contribution in [0.2, 0.25) is 0 Å². The summed E-state index contributed by atoms with van der Waals surface area (Å²) in [5.41, 5.74) is 9.08. The number of benzene rings is 1. The lowest BCUT2D eigenvalue weighted by Gasteiger charge is -2.03. The molecule has 0 bridgehead atoms. The van der Waals surface area contributed by atoms with E-state index in [4.69, 9.17) is 5.73 Å². The highest BCUT2D eigenvalue weighted by Crippen LogP contribution is 2.38. The van der Waals surface area contributed by atoms with Gasteiger partial charge in [-0.3, -0.25) is 5.10 Å². The second kappa shape index (κ2) is 5.42. The number of nitrogens with zero attached hydrogens (tertiary/aromatic N) is 1.